The van der Waals surface area contributed by atoms with Crippen molar-refractivity contribution in [3.8, 4) is 5.75 Å². The van der Waals surface area contributed by atoms with Gasteiger partial charge in [0.05, 0.1) is 12.3 Å². The minimum Gasteiger partial charge on any atom is -0.492 e. The van der Waals surface area contributed by atoms with Crippen LogP contribution in [0.25, 0.3) is 0 Å². The van der Waals surface area contributed by atoms with Crippen molar-refractivity contribution in [2.45, 2.75) is 40.0 Å². The van der Waals surface area contributed by atoms with Crippen LogP contribution in [0.1, 0.15) is 38.1 Å². The lowest BCUT2D eigenvalue weighted by molar-refractivity contribution is 0.278. The van der Waals surface area contributed by atoms with Crippen LogP contribution in [-0.2, 0) is 6.42 Å². The summed E-state index contributed by atoms with van der Waals surface area (Å²) in [5, 5.41) is 0. The first-order valence-electron chi connectivity index (χ1n) is 6.37. The Kier molecular flexibility index (Phi) is 6.41. The standard InChI is InChI=1S/C14H23NOS/c1-4-13-14(6-5-12(3)15-13)16-9-7-11(2)8-10-17/h5-6,11,17H,4,7-10H2,1-3H3. The predicted octanol–water partition coefficient (Wildman–Crippen LogP) is 3.68. The van der Waals surface area contributed by atoms with Gasteiger partial charge in [-0.1, -0.05) is 13.8 Å². The van der Waals surface area contributed by atoms with Gasteiger partial charge in [0.15, 0.2) is 0 Å². The summed E-state index contributed by atoms with van der Waals surface area (Å²) in [5.41, 5.74) is 2.12. The molecule has 1 aromatic rings. The highest BCUT2D eigenvalue weighted by atomic mass is 32.1. The first-order chi connectivity index (χ1) is 8.17. The summed E-state index contributed by atoms with van der Waals surface area (Å²) >= 11 is 4.24. The van der Waals surface area contributed by atoms with Gasteiger partial charge in [0.2, 0.25) is 0 Å². The lowest BCUT2D eigenvalue weighted by Gasteiger charge is -2.13. The van der Waals surface area contributed by atoms with Crippen LogP contribution >= 0.6 is 12.6 Å². The molecule has 0 aliphatic rings. The van der Waals surface area contributed by atoms with Gasteiger partial charge >= 0.3 is 0 Å². The Balaban J connectivity index is 2.46. The van der Waals surface area contributed by atoms with Gasteiger partial charge in [-0.25, -0.2) is 0 Å². The number of aromatic nitrogens is 1. The van der Waals surface area contributed by atoms with Gasteiger partial charge in [0, 0.05) is 5.69 Å². The van der Waals surface area contributed by atoms with Crippen LogP contribution in [-0.4, -0.2) is 17.3 Å². The molecular weight excluding hydrogens is 230 g/mol. The molecule has 96 valence electrons. The number of hydrogen-bond donors (Lipinski definition) is 1. The van der Waals surface area contributed by atoms with Crippen LogP contribution in [0.5, 0.6) is 5.75 Å². The smallest absolute Gasteiger partial charge is 0.140 e. The highest BCUT2D eigenvalue weighted by Crippen LogP contribution is 2.18. The Labute approximate surface area is 110 Å². The van der Waals surface area contributed by atoms with Gasteiger partial charge in [-0.15, -0.1) is 0 Å². The van der Waals surface area contributed by atoms with E-state index < -0.39 is 0 Å². The number of aryl methyl sites for hydroxylation is 2. The van der Waals surface area contributed by atoms with Gasteiger partial charge in [0.1, 0.15) is 5.75 Å². The van der Waals surface area contributed by atoms with Crippen molar-refractivity contribution in [1.29, 1.82) is 0 Å². The molecule has 0 N–H and O–H groups in total. The molecule has 0 aromatic carbocycles. The fourth-order valence-corrected chi connectivity index (χ4v) is 2.16. The zero-order valence-corrected chi connectivity index (χ0v) is 12.0. The number of ether oxygens (including phenoxy) is 1. The Morgan fingerprint density at radius 1 is 1.35 bits per heavy atom. The van der Waals surface area contributed by atoms with Crippen molar-refractivity contribution in [2.75, 3.05) is 12.4 Å². The maximum Gasteiger partial charge on any atom is 0.140 e. The molecule has 0 aliphatic carbocycles. The van der Waals surface area contributed by atoms with E-state index in [0.29, 0.717) is 5.92 Å². The van der Waals surface area contributed by atoms with Crippen molar-refractivity contribution in [2.24, 2.45) is 5.92 Å². The van der Waals surface area contributed by atoms with E-state index in [-0.39, 0.29) is 0 Å². The third-order valence-electron chi connectivity index (χ3n) is 2.90. The van der Waals surface area contributed by atoms with Crippen LogP contribution in [0, 0.1) is 12.8 Å². The van der Waals surface area contributed by atoms with Crippen LogP contribution in [0.4, 0.5) is 0 Å². The molecule has 0 amide bonds. The van der Waals surface area contributed by atoms with Crippen LogP contribution in [0.3, 0.4) is 0 Å². The third kappa shape index (κ3) is 4.99. The first-order valence-corrected chi connectivity index (χ1v) is 7.00. The van der Waals surface area contributed by atoms with E-state index in [4.69, 9.17) is 4.74 Å². The average Bonchev–Trinajstić information content (AvgIpc) is 2.31. The highest BCUT2D eigenvalue weighted by Gasteiger charge is 2.05. The third-order valence-corrected chi connectivity index (χ3v) is 3.15. The van der Waals surface area contributed by atoms with Crippen molar-refractivity contribution in [3.63, 3.8) is 0 Å². The number of hydrogen-bond acceptors (Lipinski definition) is 3. The van der Waals surface area contributed by atoms with Crippen molar-refractivity contribution in [1.82, 2.24) is 4.98 Å². The van der Waals surface area contributed by atoms with Gasteiger partial charge in [-0.3, -0.25) is 4.98 Å². The van der Waals surface area contributed by atoms with E-state index in [9.17, 15) is 0 Å². The minimum absolute atomic E-state index is 0.677. The van der Waals surface area contributed by atoms with E-state index in [2.05, 4.69) is 31.5 Å². The summed E-state index contributed by atoms with van der Waals surface area (Å²) in [4.78, 5) is 4.49. The molecule has 0 aliphatic heterocycles. The molecule has 1 unspecified atom stereocenters. The molecule has 1 atom stereocenters. The number of pyridine rings is 1. The number of nitrogens with zero attached hydrogens (tertiary/aromatic N) is 1. The maximum absolute atomic E-state index is 5.81. The zero-order valence-electron chi connectivity index (χ0n) is 11.1. The Hall–Kier alpha value is -0.700. The highest BCUT2D eigenvalue weighted by molar-refractivity contribution is 7.80. The molecule has 0 radical (unpaired) electrons. The summed E-state index contributed by atoms with van der Waals surface area (Å²) in [6.45, 7) is 7.14. The van der Waals surface area contributed by atoms with Gasteiger partial charge in [0.25, 0.3) is 0 Å². The number of rotatable bonds is 7. The largest absolute Gasteiger partial charge is 0.492 e. The van der Waals surface area contributed by atoms with Gasteiger partial charge in [-0.2, -0.15) is 12.6 Å². The molecule has 0 saturated carbocycles. The maximum atomic E-state index is 5.81. The molecule has 1 heterocycles. The molecule has 3 heteroatoms. The van der Waals surface area contributed by atoms with E-state index >= 15 is 0 Å². The Morgan fingerprint density at radius 3 is 2.76 bits per heavy atom. The van der Waals surface area contributed by atoms with Crippen molar-refractivity contribution >= 4 is 12.6 Å². The topological polar surface area (TPSA) is 22.1 Å². The molecule has 0 saturated heterocycles. The van der Waals surface area contributed by atoms with Crippen LogP contribution in [0.2, 0.25) is 0 Å². The second kappa shape index (κ2) is 7.59. The summed E-state index contributed by atoms with van der Waals surface area (Å²) in [6, 6.07) is 4.04. The van der Waals surface area contributed by atoms with E-state index in [1.165, 1.54) is 0 Å². The fraction of sp³-hybridized carbons (Fsp3) is 0.643. The Morgan fingerprint density at radius 2 is 2.12 bits per heavy atom. The fourth-order valence-electron chi connectivity index (χ4n) is 1.72. The Bertz CT molecular complexity index is 341. The summed E-state index contributed by atoms with van der Waals surface area (Å²) < 4.78 is 5.81. The first kappa shape index (κ1) is 14.4. The molecule has 0 bridgehead atoms. The molecule has 1 rings (SSSR count). The molecule has 0 spiro atoms. The molecule has 1 aromatic heterocycles. The van der Waals surface area contributed by atoms with Gasteiger partial charge in [-0.05, 0) is 50.0 Å². The van der Waals surface area contributed by atoms with Crippen LogP contribution < -0.4 is 4.74 Å². The second-order valence-electron chi connectivity index (χ2n) is 4.51. The zero-order chi connectivity index (χ0) is 12.7. The van der Waals surface area contributed by atoms with E-state index in [1.54, 1.807) is 0 Å². The van der Waals surface area contributed by atoms with E-state index in [1.807, 2.05) is 19.1 Å². The summed E-state index contributed by atoms with van der Waals surface area (Å²) in [5.74, 6) is 2.57. The lowest BCUT2D eigenvalue weighted by atomic mass is 10.1. The van der Waals surface area contributed by atoms with E-state index in [0.717, 1.165) is 48.8 Å². The minimum atomic E-state index is 0.677. The SMILES string of the molecule is CCc1nc(C)ccc1OCCC(C)CCS. The molecule has 0 fully saturated rings. The van der Waals surface area contributed by atoms with Crippen LogP contribution in [0.15, 0.2) is 12.1 Å². The predicted molar refractivity (Wildman–Crippen MR) is 76.1 cm³/mol. The van der Waals surface area contributed by atoms with Crippen molar-refractivity contribution in [3.05, 3.63) is 23.5 Å². The number of thiol groups is 1. The van der Waals surface area contributed by atoms with Crippen molar-refractivity contribution < 1.29 is 4.74 Å². The molecule has 2 nitrogen and oxygen atoms in total. The second-order valence-corrected chi connectivity index (χ2v) is 4.95. The normalized spacial score (nSPS) is 12.5. The lowest BCUT2D eigenvalue weighted by Crippen LogP contribution is -2.06. The summed E-state index contributed by atoms with van der Waals surface area (Å²) in [7, 11) is 0. The molecule has 17 heavy (non-hydrogen) atoms. The summed E-state index contributed by atoms with van der Waals surface area (Å²) in [6.07, 6.45) is 3.15. The molecular formula is C14H23NOS. The quantitative estimate of drug-likeness (QED) is 0.749. The van der Waals surface area contributed by atoms with Gasteiger partial charge < -0.3 is 4.74 Å². The monoisotopic (exact) mass is 253 g/mol. The average molecular weight is 253 g/mol.